The molecule has 4 heteroatoms. The topological polar surface area (TPSA) is 63.3 Å². The first-order valence-electron chi connectivity index (χ1n) is 5.23. The molecule has 0 radical (unpaired) electrons. The standard InChI is InChI=1S/C12H17NO2S/c1-8(2)9-3-5-10(6-4-9)16-11(13)7-12(14)15/h3-6,8,11H,7,13H2,1-2H3,(H,14,15). The lowest BCUT2D eigenvalue weighted by atomic mass is 10.0. The molecule has 0 aromatic heterocycles. The van der Waals surface area contributed by atoms with Gasteiger partial charge in [-0.3, -0.25) is 4.79 Å². The molecule has 1 unspecified atom stereocenters. The highest BCUT2D eigenvalue weighted by atomic mass is 32.2. The summed E-state index contributed by atoms with van der Waals surface area (Å²) >= 11 is 1.39. The second-order valence-electron chi connectivity index (χ2n) is 3.98. The summed E-state index contributed by atoms with van der Waals surface area (Å²) in [6.07, 6.45) is -0.0173. The molecule has 3 N–H and O–H groups in total. The number of benzene rings is 1. The Labute approximate surface area is 100 Å². The number of aliphatic carboxylic acids is 1. The summed E-state index contributed by atoms with van der Waals surface area (Å²) in [5.74, 6) is -0.356. The van der Waals surface area contributed by atoms with Crippen molar-refractivity contribution in [1.29, 1.82) is 0 Å². The second kappa shape index (κ2) is 5.92. The van der Waals surface area contributed by atoms with Gasteiger partial charge in [-0.15, -0.1) is 11.8 Å². The zero-order chi connectivity index (χ0) is 12.1. The Morgan fingerprint density at radius 1 is 1.38 bits per heavy atom. The summed E-state index contributed by atoms with van der Waals surface area (Å²) in [6, 6.07) is 8.09. The van der Waals surface area contributed by atoms with E-state index in [-0.39, 0.29) is 11.8 Å². The molecule has 16 heavy (non-hydrogen) atoms. The van der Waals surface area contributed by atoms with E-state index in [1.165, 1.54) is 17.3 Å². The highest BCUT2D eigenvalue weighted by Gasteiger charge is 2.09. The molecule has 0 aliphatic carbocycles. The van der Waals surface area contributed by atoms with Crippen LogP contribution >= 0.6 is 11.8 Å². The zero-order valence-corrected chi connectivity index (χ0v) is 10.3. The van der Waals surface area contributed by atoms with Crippen LogP contribution in [0.4, 0.5) is 0 Å². The molecule has 1 aromatic carbocycles. The summed E-state index contributed by atoms with van der Waals surface area (Å²) in [5, 5.41) is 8.20. The van der Waals surface area contributed by atoms with E-state index < -0.39 is 5.97 Å². The zero-order valence-electron chi connectivity index (χ0n) is 9.51. The quantitative estimate of drug-likeness (QED) is 0.612. The van der Waals surface area contributed by atoms with Gasteiger partial charge in [0.25, 0.3) is 0 Å². The molecular formula is C12H17NO2S. The van der Waals surface area contributed by atoms with Crippen LogP contribution in [0.15, 0.2) is 29.2 Å². The van der Waals surface area contributed by atoms with Crippen LogP contribution in [0.3, 0.4) is 0 Å². The van der Waals surface area contributed by atoms with Gasteiger partial charge in [-0.2, -0.15) is 0 Å². The summed E-state index contributed by atoms with van der Waals surface area (Å²) in [6.45, 7) is 4.27. The largest absolute Gasteiger partial charge is 0.481 e. The van der Waals surface area contributed by atoms with E-state index in [0.717, 1.165) is 4.90 Å². The average Bonchev–Trinajstić information content (AvgIpc) is 2.16. The van der Waals surface area contributed by atoms with Gasteiger partial charge in [-0.05, 0) is 23.6 Å². The van der Waals surface area contributed by atoms with Gasteiger partial charge >= 0.3 is 5.97 Å². The molecule has 0 spiro atoms. The van der Waals surface area contributed by atoms with Crippen molar-refractivity contribution in [3.8, 4) is 0 Å². The fourth-order valence-electron chi connectivity index (χ4n) is 1.32. The highest BCUT2D eigenvalue weighted by Crippen LogP contribution is 2.24. The van der Waals surface area contributed by atoms with E-state index in [1.807, 2.05) is 12.1 Å². The molecule has 0 bridgehead atoms. The van der Waals surface area contributed by atoms with Gasteiger partial charge in [0.1, 0.15) is 0 Å². The second-order valence-corrected chi connectivity index (χ2v) is 5.29. The van der Waals surface area contributed by atoms with E-state index >= 15 is 0 Å². The number of thioether (sulfide) groups is 1. The Bertz CT molecular complexity index is 349. The Balaban J connectivity index is 2.58. The van der Waals surface area contributed by atoms with Crippen LogP contribution in [-0.2, 0) is 4.79 Å². The predicted molar refractivity (Wildman–Crippen MR) is 66.6 cm³/mol. The third-order valence-corrected chi connectivity index (χ3v) is 3.22. The first-order valence-corrected chi connectivity index (χ1v) is 6.11. The van der Waals surface area contributed by atoms with Crippen molar-refractivity contribution in [2.45, 2.75) is 36.5 Å². The number of carboxylic acids is 1. The number of carbonyl (C=O) groups is 1. The van der Waals surface area contributed by atoms with Crippen molar-refractivity contribution in [3.05, 3.63) is 29.8 Å². The van der Waals surface area contributed by atoms with Gasteiger partial charge in [0.15, 0.2) is 0 Å². The molecule has 0 fully saturated rings. The van der Waals surface area contributed by atoms with E-state index in [1.54, 1.807) is 0 Å². The summed E-state index contributed by atoms with van der Waals surface area (Å²) < 4.78 is 0. The van der Waals surface area contributed by atoms with E-state index in [4.69, 9.17) is 10.8 Å². The lowest BCUT2D eigenvalue weighted by molar-refractivity contribution is -0.136. The fraction of sp³-hybridized carbons (Fsp3) is 0.417. The third-order valence-electron chi connectivity index (χ3n) is 2.21. The van der Waals surface area contributed by atoms with Gasteiger partial charge in [-0.1, -0.05) is 26.0 Å². The van der Waals surface area contributed by atoms with Crippen molar-refractivity contribution in [3.63, 3.8) is 0 Å². The Morgan fingerprint density at radius 2 is 1.94 bits per heavy atom. The van der Waals surface area contributed by atoms with Gasteiger partial charge in [0.2, 0.25) is 0 Å². The Morgan fingerprint density at radius 3 is 2.38 bits per heavy atom. The SMILES string of the molecule is CC(C)c1ccc(SC(N)CC(=O)O)cc1. The molecule has 0 saturated carbocycles. The smallest absolute Gasteiger partial charge is 0.305 e. The maximum Gasteiger partial charge on any atom is 0.305 e. The van der Waals surface area contributed by atoms with Crippen LogP contribution in [0.1, 0.15) is 31.7 Å². The molecule has 88 valence electrons. The van der Waals surface area contributed by atoms with Gasteiger partial charge in [0.05, 0.1) is 11.8 Å². The van der Waals surface area contributed by atoms with Crippen LogP contribution in [0.2, 0.25) is 0 Å². The first-order chi connectivity index (χ1) is 7.49. The van der Waals surface area contributed by atoms with Crippen molar-refractivity contribution in [2.24, 2.45) is 5.73 Å². The fourth-order valence-corrected chi connectivity index (χ4v) is 2.19. The minimum atomic E-state index is -0.862. The third kappa shape index (κ3) is 4.24. The molecule has 1 aromatic rings. The number of hydrogen-bond acceptors (Lipinski definition) is 3. The van der Waals surface area contributed by atoms with Gasteiger partial charge < -0.3 is 10.8 Å². The normalized spacial score (nSPS) is 12.8. The van der Waals surface area contributed by atoms with Gasteiger partial charge in [0, 0.05) is 4.90 Å². The molecule has 1 atom stereocenters. The van der Waals surface area contributed by atoms with E-state index in [2.05, 4.69) is 26.0 Å². The predicted octanol–water partition coefficient (Wildman–Crippen LogP) is 2.66. The van der Waals surface area contributed by atoms with Crippen molar-refractivity contribution >= 4 is 17.7 Å². The van der Waals surface area contributed by atoms with E-state index in [0.29, 0.717) is 5.92 Å². The van der Waals surface area contributed by atoms with Crippen LogP contribution in [0.5, 0.6) is 0 Å². The number of hydrogen-bond donors (Lipinski definition) is 2. The molecule has 0 aliphatic rings. The average molecular weight is 239 g/mol. The Hall–Kier alpha value is -1.00. The molecule has 0 heterocycles. The first kappa shape index (κ1) is 13.1. The van der Waals surface area contributed by atoms with Crippen molar-refractivity contribution in [1.82, 2.24) is 0 Å². The lowest BCUT2D eigenvalue weighted by Crippen LogP contribution is -2.19. The molecule has 0 saturated heterocycles. The minimum Gasteiger partial charge on any atom is -0.481 e. The summed E-state index contributed by atoms with van der Waals surface area (Å²) in [5.41, 5.74) is 6.96. The highest BCUT2D eigenvalue weighted by molar-refractivity contribution is 7.99. The van der Waals surface area contributed by atoms with Gasteiger partial charge in [-0.25, -0.2) is 0 Å². The maximum absolute atomic E-state index is 10.5. The van der Waals surface area contributed by atoms with Crippen LogP contribution in [-0.4, -0.2) is 16.4 Å². The molecular weight excluding hydrogens is 222 g/mol. The molecule has 3 nitrogen and oxygen atoms in total. The summed E-state index contributed by atoms with van der Waals surface area (Å²) in [7, 11) is 0. The lowest BCUT2D eigenvalue weighted by Gasteiger charge is -2.10. The van der Waals surface area contributed by atoms with E-state index in [9.17, 15) is 4.79 Å². The number of rotatable bonds is 5. The molecule has 0 aliphatic heterocycles. The van der Waals surface area contributed by atoms with Crippen LogP contribution < -0.4 is 5.73 Å². The van der Waals surface area contributed by atoms with Crippen LogP contribution in [0, 0.1) is 0 Å². The molecule has 0 amide bonds. The molecule has 1 rings (SSSR count). The van der Waals surface area contributed by atoms with Crippen molar-refractivity contribution in [2.75, 3.05) is 0 Å². The Kier molecular flexibility index (Phi) is 4.83. The van der Waals surface area contributed by atoms with Crippen LogP contribution in [0.25, 0.3) is 0 Å². The minimum absolute atomic E-state index is 0.0173. The summed E-state index contributed by atoms with van der Waals surface area (Å²) in [4.78, 5) is 11.5. The number of carboxylic acid groups (broad SMARTS) is 1. The maximum atomic E-state index is 10.5. The number of nitrogens with two attached hydrogens (primary N) is 1. The monoisotopic (exact) mass is 239 g/mol. The van der Waals surface area contributed by atoms with Crippen molar-refractivity contribution < 1.29 is 9.90 Å².